The maximum atomic E-state index is 11.9. The summed E-state index contributed by atoms with van der Waals surface area (Å²) in [5, 5.41) is 3.15. The Labute approximate surface area is 160 Å². The summed E-state index contributed by atoms with van der Waals surface area (Å²) in [7, 11) is 0. The van der Waals surface area contributed by atoms with Crippen LogP contribution in [0.2, 0.25) is 0 Å². The van der Waals surface area contributed by atoms with E-state index in [1.165, 1.54) is 0 Å². The number of hydrogen-bond acceptors (Lipinski definition) is 5. The van der Waals surface area contributed by atoms with Crippen molar-refractivity contribution < 1.29 is 14.3 Å². The van der Waals surface area contributed by atoms with Crippen molar-refractivity contribution in [1.29, 1.82) is 0 Å². The molecule has 0 spiro atoms. The molecular formula is C21H29NO3S. The fourth-order valence-corrected chi connectivity index (χ4v) is 3.30. The first kappa shape index (κ1) is 20.4. The van der Waals surface area contributed by atoms with Crippen molar-refractivity contribution >= 4 is 17.3 Å². The van der Waals surface area contributed by atoms with Gasteiger partial charge in [0.25, 0.3) is 0 Å². The van der Waals surface area contributed by atoms with E-state index in [9.17, 15) is 4.79 Å². The van der Waals surface area contributed by atoms with Gasteiger partial charge in [-0.2, -0.15) is 0 Å². The van der Waals surface area contributed by atoms with Crippen LogP contribution in [0.4, 0.5) is 0 Å². The Morgan fingerprint density at radius 3 is 2.50 bits per heavy atom. The number of thiazole rings is 1. The normalized spacial score (nSPS) is 11.4. The largest absolute Gasteiger partial charge is 0.494 e. The van der Waals surface area contributed by atoms with E-state index in [0.29, 0.717) is 13.2 Å². The van der Waals surface area contributed by atoms with Crippen LogP contribution in [0.25, 0.3) is 11.3 Å². The SMILES string of the molecule is CCOC(=O)C(C)(C)CCCCCOc1ccc(-c2csc(C)n2)cc1. The fraction of sp³-hybridized carbons (Fsp3) is 0.524. The molecule has 4 nitrogen and oxygen atoms in total. The summed E-state index contributed by atoms with van der Waals surface area (Å²) in [6, 6.07) is 8.08. The van der Waals surface area contributed by atoms with Crippen molar-refractivity contribution in [3.05, 3.63) is 34.7 Å². The molecule has 1 aromatic carbocycles. The third-order valence-corrected chi connectivity index (χ3v) is 5.09. The average Bonchev–Trinajstić information content (AvgIpc) is 3.05. The molecule has 0 saturated heterocycles. The molecule has 0 bridgehead atoms. The lowest BCUT2D eigenvalue weighted by atomic mass is 9.87. The van der Waals surface area contributed by atoms with E-state index in [1.807, 2.05) is 52.0 Å². The minimum atomic E-state index is -0.402. The molecule has 0 amide bonds. The van der Waals surface area contributed by atoms with Crippen LogP contribution in [0.15, 0.2) is 29.6 Å². The zero-order chi connectivity index (χ0) is 19.0. The minimum Gasteiger partial charge on any atom is -0.494 e. The van der Waals surface area contributed by atoms with Crippen molar-refractivity contribution in [2.24, 2.45) is 5.41 Å². The number of esters is 1. The molecule has 0 fully saturated rings. The first-order valence-electron chi connectivity index (χ1n) is 9.25. The zero-order valence-electron chi connectivity index (χ0n) is 16.2. The van der Waals surface area contributed by atoms with E-state index in [4.69, 9.17) is 9.47 Å². The van der Waals surface area contributed by atoms with Gasteiger partial charge in [-0.05, 0) is 64.8 Å². The standard InChI is InChI=1S/C21H29NO3S/c1-5-24-20(23)21(3,4)13-7-6-8-14-25-18-11-9-17(10-12-18)19-15-26-16(2)22-19/h9-12,15H,5-8,13-14H2,1-4H3. The molecule has 2 rings (SSSR count). The predicted octanol–water partition coefficient (Wildman–Crippen LogP) is 5.65. The van der Waals surface area contributed by atoms with E-state index in [1.54, 1.807) is 11.3 Å². The van der Waals surface area contributed by atoms with Gasteiger partial charge in [0.15, 0.2) is 0 Å². The molecule has 0 radical (unpaired) electrons. The first-order chi connectivity index (χ1) is 12.4. The summed E-state index contributed by atoms with van der Waals surface area (Å²) < 4.78 is 10.9. The minimum absolute atomic E-state index is 0.105. The Morgan fingerprint density at radius 2 is 1.88 bits per heavy atom. The summed E-state index contributed by atoms with van der Waals surface area (Å²) in [5.41, 5.74) is 1.73. The van der Waals surface area contributed by atoms with Gasteiger partial charge in [-0.3, -0.25) is 4.79 Å². The second kappa shape index (κ2) is 9.72. The van der Waals surface area contributed by atoms with Crippen molar-refractivity contribution in [1.82, 2.24) is 4.98 Å². The summed E-state index contributed by atoms with van der Waals surface area (Å²) in [6.07, 6.45) is 3.86. The first-order valence-corrected chi connectivity index (χ1v) is 10.1. The number of hydrogen-bond donors (Lipinski definition) is 0. The number of rotatable bonds is 10. The molecule has 142 valence electrons. The number of aromatic nitrogens is 1. The molecule has 0 atom stereocenters. The molecule has 0 N–H and O–H groups in total. The molecule has 2 aromatic rings. The third-order valence-electron chi connectivity index (χ3n) is 4.31. The van der Waals surface area contributed by atoms with E-state index in [2.05, 4.69) is 10.4 Å². The van der Waals surface area contributed by atoms with Gasteiger partial charge in [-0.1, -0.05) is 12.8 Å². The van der Waals surface area contributed by atoms with Crippen LogP contribution in [0.5, 0.6) is 5.75 Å². The molecule has 1 heterocycles. The van der Waals surface area contributed by atoms with Gasteiger partial charge in [0.1, 0.15) is 5.75 Å². The summed E-state index contributed by atoms with van der Waals surface area (Å²) in [5.74, 6) is 0.777. The molecule has 5 heteroatoms. The van der Waals surface area contributed by atoms with Crippen LogP contribution in [-0.4, -0.2) is 24.2 Å². The quantitative estimate of drug-likeness (QED) is 0.398. The van der Waals surface area contributed by atoms with Crippen molar-refractivity contribution in [2.45, 2.75) is 53.4 Å². The fourth-order valence-electron chi connectivity index (χ4n) is 2.68. The highest BCUT2D eigenvalue weighted by Gasteiger charge is 2.28. The van der Waals surface area contributed by atoms with Crippen molar-refractivity contribution in [2.75, 3.05) is 13.2 Å². The second-order valence-electron chi connectivity index (χ2n) is 7.04. The lowest BCUT2D eigenvalue weighted by molar-refractivity contribution is -0.153. The van der Waals surface area contributed by atoms with Gasteiger partial charge in [-0.25, -0.2) is 4.98 Å². The average molecular weight is 376 g/mol. The molecule has 26 heavy (non-hydrogen) atoms. The number of nitrogens with zero attached hydrogens (tertiary/aromatic N) is 1. The number of carbonyl (C=O) groups excluding carboxylic acids is 1. The molecular weight excluding hydrogens is 346 g/mol. The van der Waals surface area contributed by atoms with Gasteiger partial charge in [0.05, 0.1) is 29.3 Å². The molecule has 0 unspecified atom stereocenters. The molecule has 0 aliphatic heterocycles. The number of unbranched alkanes of at least 4 members (excludes halogenated alkanes) is 2. The maximum Gasteiger partial charge on any atom is 0.311 e. The van der Waals surface area contributed by atoms with E-state index >= 15 is 0 Å². The Balaban J connectivity index is 1.66. The highest BCUT2D eigenvalue weighted by Crippen LogP contribution is 2.26. The number of benzene rings is 1. The van der Waals surface area contributed by atoms with Crippen LogP contribution < -0.4 is 4.74 Å². The lowest BCUT2D eigenvalue weighted by Crippen LogP contribution is -2.26. The van der Waals surface area contributed by atoms with Gasteiger partial charge >= 0.3 is 5.97 Å². The molecule has 1 aromatic heterocycles. The highest BCUT2D eigenvalue weighted by atomic mass is 32.1. The van der Waals surface area contributed by atoms with Gasteiger partial charge < -0.3 is 9.47 Å². The van der Waals surface area contributed by atoms with Crippen LogP contribution >= 0.6 is 11.3 Å². The summed E-state index contributed by atoms with van der Waals surface area (Å²) >= 11 is 1.66. The lowest BCUT2D eigenvalue weighted by Gasteiger charge is -2.21. The molecule has 0 saturated carbocycles. The summed E-state index contributed by atoms with van der Waals surface area (Å²) in [4.78, 5) is 16.3. The van der Waals surface area contributed by atoms with Gasteiger partial charge in [0.2, 0.25) is 0 Å². The van der Waals surface area contributed by atoms with Crippen LogP contribution in [0, 0.1) is 12.3 Å². The number of carbonyl (C=O) groups is 1. The Kier molecular flexibility index (Phi) is 7.64. The highest BCUT2D eigenvalue weighted by molar-refractivity contribution is 7.09. The molecule has 0 aliphatic carbocycles. The molecule has 0 aliphatic rings. The van der Waals surface area contributed by atoms with Gasteiger partial charge in [-0.15, -0.1) is 11.3 Å². The Morgan fingerprint density at radius 1 is 1.15 bits per heavy atom. The third kappa shape index (κ3) is 6.13. The Hall–Kier alpha value is -1.88. The van der Waals surface area contributed by atoms with E-state index in [-0.39, 0.29) is 5.97 Å². The maximum absolute atomic E-state index is 11.9. The van der Waals surface area contributed by atoms with Crippen LogP contribution in [-0.2, 0) is 9.53 Å². The van der Waals surface area contributed by atoms with Crippen LogP contribution in [0.1, 0.15) is 51.5 Å². The topological polar surface area (TPSA) is 48.4 Å². The monoisotopic (exact) mass is 375 g/mol. The van der Waals surface area contributed by atoms with E-state index < -0.39 is 5.41 Å². The van der Waals surface area contributed by atoms with E-state index in [0.717, 1.165) is 47.7 Å². The summed E-state index contributed by atoms with van der Waals surface area (Å²) in [6.45, 7) is 8.89. The Bertz CT molecular complexity index is 692. The van der Waals surface area contributed by atoms with Crippen molar-refractivity contribution in [3.63, 3.8) is 0 Å². The number of ether oxygens (including phenoxy) is 2. The van der Waals surface area contributed by atoms with Crippen LogP contribution in [0.3, 0.4) is 0 Å². The predicted molar refractivity (Wildman–Crippen MR) is 107 cm³/mol. The number of aryl methyl sites for hydroxylation is 1. The van der Waals surface area contributed by atoms with Gasteiger partial charge in [0, 0.05) is 10.9 Å². The second-order valence-corrected chi connectivity index (χ2v) is 8.10. The smallest absolute Gasteiger partial charge is 0.311 e. The zero-order valence-corrected chi connectivity index (χ0v) is 17.0. The van der Waals surface area contributed by atoms with Crippen molar-refractivity contribution in [3.8, 4) is 17.0 Å².